The summed E-state index contributed by atoms with van der Waals surface area (Å²) in [6.07, 6.45) is 1.65. The summed E-state index contributed by atoms with van der Waals surface area (Å²) in [4.78, 5) is 16.7. The number of nitrogens with zero attached hydrogens (tertiary/aromatic N) is 1. The Balaban J connectivity index is 1.82. The fourth-order valence-electron chi connectivity index (χ4n) is 2.22. The highest BCUT2D eigenvalue weighted by atomic mass is 35.5. The topological polar surface area (TPSA) is 38.7 Å². The van der Waals surface area contributed by atoms with Gasteiger partial charge < -0.3 is 4.74 Å². The van der Waals surface area contributed by atoms with E-state index in [1.807, 2.05) is 30.3 Å². The molecule has 0 atom stereocenters. The number of hydrogen-bond acceptors (Lipinski definition) is 5. The van der Waals surface area contributed by atoms with E-state index >= 15 is 0 Å². The first-order valence-corrected chi connectivity index (χ1v) is 9.85. The molecule has 0 unspecified atom stereocenters. The van der Waals surface area contributed by atoms with Gasteiger partial charge in [0, 0.05) is 16.3 Å². The minimum absolute atomic E-state index is 0.103. The Morgan fingerprint density at radius 1 is 1.24 bits per heavy atom. The molecule has 128 valence electrons. The Kier molecular flexibility index (Phi) is 6.12. The molecule has 0 fully saturated rings. The zero-order chi connectivity index (χ0) is 17.8. The van der Waals surface area contributed by atoms with Gasteiger partial charge in [-0.05, 0) is 35.5 Å². The summed E-state index contributed by atoms with van der Waals surface area (Å²) < 4.78 is 6.03. The summed E-state index contributed by atoms with van der Waals surface area (Å²) in [7, 11) is 1.52. The van der Waals surface area contributed by atoms with Gasteiger partial charge in [0.05, 0.1) is 12.1 Å². The Bertz CT molecular complexity index is 867. The molecule has 2 aromatic carbocycles. The molecule has 7 heteroatoms. The fraction of sp³-hybridized carbons (Fsp3) is 0.111. The first kappa shape index (κ1) is 18.4. The quantitative estimate of drug-likeness (QED) is 0.588. The third kappa shape index (κ3) is 4.61. The molecule has 0 aliphatic carbocycles. The molecule has 25 heavy (non-hydrogen) atoms. The van der Waals surface area contributed by atoms with Crippen LogP contribution in [0.2, 0.25) is 10.0 Å². The van der Waals surface area contributed by atoms with Crippen LogP contribution in [0.15, 0.2) is 53.2 Å². The molecule has 0 saturated carbocycles. The Labute approximate surface area is 164 Å². The largest absolute Gasteiger partial charge is 0.495 e. The van der Waals surface area contributed by atoms with Crippen LogP contribution in [0.3, 0.4) is 0 Å². The van der Waals surface area contributed by atoms with Crippen molar-refractivity contribution in [1.82, 2.24) is 0 Å². The van der Waals surface area contributed by atoms with Gasteiger partial charge >= 0.3 is 0 Å². The third-order valence-corrected chi connectivity index (χ3v) is 5.92. The van der Waals surface area contributed by atoms with E-state index in [0.29, 0.717) is 27.1 Å². The summed E-state index contributed by atoms with van der Waals surface area (Å²) in [5.41, 5.74) is 2.17. The Morgan fingerprint density at radius 3 is 2.72 bits per heavy atom. The van der Waals surface area contributed by atoms with E-state index in [2.05, 4.69) is 4.99 Å². The first-order chi connectivity index (χ1) is 12.1. The van der Waals surface area contributed by atoms with Gasteiger partial charge in [-0.25, -0.2) is 4.99 Å². The Morgan fingerprint density at radius 2 is 2.00 bits per heavy atom. The smallest absolute Gasteiger partial charge is 0.244 e. The van der Waals surface area contributed by atoms with Crippen LogP contribution in [0.1, 0.15) is 11.1 Å². The van der Waals surface area contributed by atoms with E-state index in [1.54, 1.807) is 18.2 Å². The number of hydrogen-bond donors (Lipinski definition) is 0. The standard InChI is InChI=1S/C18H13Cl2NO2S2/c1-23-16-12(7-13(19)9-14(16)20)8-15-17(22)25-18(21-15)24-10-11-5-3-2-4-6-11/h2-9H,10H2,1H3/b15-8+. The van der Waals surface area contributed by atoms with Gasteiger partial charge in [0.15, 0.2) is 0 Å². The van der Waals surface area contributed by atoms with Crippen LogP contribution in [0.25, 0.3) is 6.08 Å². The van der Waals surface area contributed by atoms with Crippen LogP contribution in [-0.2, 0) is 10.5 Å². The molecule has 1 aliphatic rings. The molecule has 1 heterocycles. The molecule has 0 N–H and O–H groups in total. The normalized spacial score (nSPS) is 15.6. The van der Waals surface area contributed by atoms with Crippen LogP contribution >= 0.6 is 46.7 Å². The lowest BCUT2D eigenvalue weighted by Crippen LogP contribution is -1.92. The summed E-state index contributed by atoms with van der Waals surface area (Å²) >= 11 is 14.9. The highest BCUT2D eigenvalue weighted by molar-refractivity contribution is 8.45. The number of ether oxygens (including phenoxy) is 1. The second-order valence-electron chi connectivity index (χ2n) is 5.08. The zero-order valence-corrected chi connectivity index (χ0v) is 16.3. The minimum atomic E-state index is -0.103. The van der Waals surface area contributed by atoms with Gasteiger partial charge in [0.1, 0.15) is 15.8 Å². The van der Waals surface area contributed by atoms with Crippen molar-refractivity contribution in [2.75, 3.05) is 7.11 Å². The molecule has 3 rings (SSSR count). The van der Waals surface area contributed by atoms with Gasteiger partial charge in [-0.3, -0.25) is 4.79 Å². The van der Waals surface area contributed by atoms with Crippen molar-refractivity contribution < 1.29 is 9.53 Å². The first-order valence-electron chi connectivity index (χ1n) is 7.29. The molecule has 2 aromatic rings. The molecule has 0 amide bonds. The third-order valence-electron chi connectivity index (χ3n) is 3.34. The molecule has 0 bridgehead atoms. The monoisotopic (exact) mass is 409 g/mol. The van der Waals surface area contributed by atoms with Crippen molar-refractivity contribution in [1.29, 1.82) is 0 Å². The van der Waals surface area contributed by atoms with Gasteiger partial charge in [-0.1, -0.05) is 65.3 Å². The maximum Gasteiger partial charge on any atom is 0.244 e. The van der Waals surface area contributed by atoms with Crippen molar-refractivity contribution in [2.45, 2.75) is 5.75 Å². The van der Waals surface area contributed by atoms with E-state index in [1.165, 1.54) is 24.4 Å². The van der Waals surface area contributed by atoms with E-state index < -0.39 is 0 Å². The van der Waals surface area contributed by atoms with E-state index in [4.69, 9.17) is 27.9 Å². The number of rotatable bonds is 4. The van der Waals surface area contributed by atoms with Crippen molar-refractivity contribution >= 4 is 62.3 Å². The number of methoxy groups -OCH3 is 1. The molecular weight excluding hydrogens is 397 g/mol. The molecular formula is C18H13Cl2NO2S2. The van der Waals surface area contributed by atoms with Gasteiger partial charge in [-0.15, -0.1) is 0 Å². The molecule has 0 radical (unpaired) electrons. The SMILES string of the molecule is COc1c(Cl)cc(Cl)cc1/C=C1/N=C(SCc2ccccc2)SC1=O. The lowest BCUT2D eigenvalue weighted by Gasteiger charge is -2.08. The predicted molar refractivity (Wildman–Crippen MR) is 109 cm³/mol. The number of benzene rings is 2. The molecule has 3 nitrogen and oxygen atoms in total. The number of carbonyl (C=O) groups excluding carboxylic acids is 1. The molecule has 0 aromatic heterocycles. The average molecular weight is 410 g/mol. The van der Waals surface area contributed by atoms with Crippen LogP contribution in [-0.4, -0.2) is 16.6 Å². The molecule has 0 spiro atoms. The number of aliphatic imine (C=N–C) groups is 1. The number of carbonyl (C=O) groups is 1. The van der Waals surface area contributed by atoms with Crippen molar-refractivity contribution in [3.63, 3.8) is 0 Å². The lowest BCUT2D eigenvalue weighted by atomic mass is 10.1. The van der Waals surface area contributed by atoms with E-state index in [0.717, 1.165) is 21.9 Å². The van der Waals surface area contributed by atoms with Crippen LogP contribution in [0.4, 0.5) is 0 Å². The molecule has 1 aliphatic heterocycles. The van der Waals surface area contributed by atoms with E-state index in [9.17, 15) is 4.79 Å². The van der Waals surface area contributed by atoms with Crippen LogP contribution in [0.5, 0.6) is 5.75 Å². The maximum absolute atomic E-state index is 12.2. The second-order valence-corrected chi connectivity index (χ2v) is 8.11. The van der Waals surface area contributed by atoms with Gasteiger partial charge in [0.25, 0.3) is 0 Å². The van der Waals surface area contributed by atoms with Crippen molar-refractivity contribution in [3.8, 4) is 5.75 Å². The average Bonchev–Trinajstić information content (AvgIpc) is 2.93. The summed E-state index contributed by atoms with van der Waals surface area (Å²) in [6, 6.07) is 13.3. The minimum Gasteiger partial charge on any atom is -0.495 e. The lowest BCUT2D eigenvalue weighted by molar-refractivity contribution is -0.107. The summed E-state index contributed by atoms with van der Waals surface area (Å²) in [5, 5.41) is 0.759. The van der Waals surface area contributed by atoms with Crippen molar-refractivity contribution in [3.05, 3.63) is 69.3 Å². The van der Waals surface area contributed by atoms with Gasteiger partial charge in [-0.2, -0.15) is 0 Å². The highest BCUT2D eigenvalue weighted by Crippen LogP contribution is 2.37. The summed E-state index contributed by atoms with van der Waals surface area (Å²) in [6.45, 7) is 0. The molecule has 0 saturated heterocycles. The van der Waals surface area contributed by atoms with Crippen LogP contribution in [0, 0.1) is 0 Å². The number of halogens is 2. The highest BCUT2D eigenvalue weighted by Gasteiger charge is 2.23. The predicted octanol–water partition coefficient (Wildman–Crippen LogP) is 5.91. The van der Waals surface area contributed by atoms with Crippen molar-refractivity contribution in [2.24, 2.45) is 4.99 Å². The second kappa shape index (κ2) is 8.32. The Hall–Kier alpha value is -1.40. The van der Waals surface area contributed by atoms with Crippen LogP contribution < -0.4 is 4.74 Å². The fourth-order valence-corrected chi connectivity index (χ4v) is 4.60. The van der Waals surface area contributed by atoms with Gasteiger partial charge in [0.2, 0.25) is 5.12 Å². The maximum atomic E-state index is 12.2. The summed E-state index contributed by atoms with van der Waals surface area (Å²) in [5.74, 6) is 1.23. The zero-order valence-electron chi connectivity index (χ0n) is 13.2. The van der Waals surface area contributed by atoms with E-state index in [-0.39, 0.29) is 5.12 Å². The number of thioether (sulfide) groups is 2.